The Bertz CT molecular complexity index is 348. The second-order valence-corrected chi connectivity index (χ2v) is 5.16. The third-order valence-corrected chi connectivity index (χ3v) is 4.10. The highest BCUT2D eigenvalue weighted by molar-refractivity contribution is 9.10. The Morgan fingerprint density at radius 2 is 2.25 bits per heavy atom. The molecule has 0 unspecified atom stereocenters. The number of hydrogen-bond donors (Lipinski definition) is 2. The van der Waals surface area contributed by atoms with E-state index in [-0.39, 0.29) is 0 Å². The first-order valence-electron chi connectivity index (χ1n) is 5.83. The number of aryl methyl sites for hydroxylation is 1. The molecule has 1 aromatic heterocycles. The lowest BCUT2D eigenvalue weighted by molar-refractivity contribution is 0.389. The topological polar surface area (TPSA) is 37.0 Å². The van der Waals surface area contributed by atoms with Crippen molar-refractivity contribution in [2.24, 2.45) is 5.92 Å². The van der Waals surface area contributed by atoms with E-state index in [4.69, 9.17) is 0 Å². The van der Waals surface area contributed by atoms with Crippen LogP contribution in [0.15, 0.2) is 16.7 Å². The van der Waals surface area contributed by atoms with Gasteiger partial charge in [-0.05, 0) is 66.3 Å². The zero-order valence-electron chi connectivity index (χ0n) is 9.59. The van der Waals surface area contributed by atoms with Crippen LogP contribution in [0.3, 0.4) is 0 Å². The van der Waals surface area contributed by atoms with Gasteiger partial charge >= 0.3 is 0 Å². The number of pyridine rings is 1. The molecule has 1 fully saturated rings. The number of nitrogens with one attached hydrogen (secondary N) is 2. The molecule has 16 heavy (non-hydrogen) atoms. The fourth-order valence-corrected chi connectivity index (χ4v) is 2.37. The fraction of sp³-hybridized carbons (Fsp3) is 0.583. The van der Waals surface area contributed by atoms with Gasteiger partial charge in [0.25, 0.3) is 0 Å². The summed E-state index contributed by atoms with van der Waals surface area (Å²) in [6.45, 7) is 5.40. The smallest absolute Gasteiger partial charge is 0.140 e. The van der Waals surface area contributed by atoms with Crippen LogP contribution in [0.25, 0.3) is 0 Å². The minimum Gasteiger partial charge on any atom is -0.369 e. The van der Waals surface area contributed by atoms with Gasteiger partial charge in [0.05, 0.1) is 4.47 Å². The Morgan fingerprint density at radius 1 is 1.50 bits per heavy atom. The molecule has 88 valence electrons. The summed E-state index contributed by atoms with van der Waals surface area (Å²) in [4.78, 5) is 4.35. The van der Waals surface area contributed by atoms with Crippen molar-refractivity contribution in [3.8, 4) is 0 Å². The second-order valence-electron chi connectivity index (χ2n) is 4.36. The van der Waals surface area contributed by atoms with Crippen molar-refractivity contribution in [2.75, 3.05) is 25.0 Å². The Balaban J connectivity index is 1.91. The van der Waals surface area contributed by atoms with Crippen molar-refractivity contribution in [3.63, 3.8) is 0 Å². The van der Waals surface area contributed by atoms with Crippen LogP contribution in [0.4, 0.5) is 5.82 Å². The molecule has 2 rings (SSSR count). The van der Waals surface area contributed by atoms with E-state index in [2.05, 4.69) is 38.5 Å². The summed E-state index contributed by atoms with van der Waals surface area (Å²) < 4.78 is 1.09. The predicted octanol–water partition coefficient (Wildman–Crippen LogP) is 2.56. The van der Waals surface area contributed by atoms with Crippen molar-refractivity contribution in [1.82, 2.24) is 10.3 Å². The number of aromatic nitrogens is 1. The summed E-state index contributed by atoms with van der Waals surface area (Å²) in [6.07, 6.45) is 4.37. The highest BCUT2D eigenvalue weighted by Crippen LogP contribution is 2.24. The zero-order valence-corrected chi connectivity index (χ0v) is 11.2. The normalized spacial score (nSPS) is 17.4. The van der Waals surface area contributed by atoms with Crippen LogP contribution in [-0.2, 0) is 0 Å². The maximum atomic E-state index is 4.35. The van der Waals surface area contributed by atoms with Gasteiger partial charge in [-0.2, -0.15) is 0 Å². The van der Waals surface area contributed by atoms with E-state index in [0.29, 0.717) is 0 Å². The minimum atomic E-state index is 0.774. The highest BCUT2D eigenvalue weighted by atomic mass is 79.9. The fourth-order valence-electron chi connectivity index (χ4n) is 1.99. The van der Waals surface area contributed by atoms with Gasteiger partial charge in [0, 0.05) is 12.7 Å². The maximum Gasteiger partial charge on any atom is 0.140 e. The number of anilines is 1. The van der Waals surface area contributed by atoms with Gasteiger partial charge in [0.1, 0.15) is 5.82 Å². The summed E-state index contributed by atoms with van der Waals surface area (Å²) in [7, 11) is 0. The zero-order chi connectivity index (χ0) is 11.4. The van der Waals surface area contributed by atoms with Crippen LogP contribution in [0.1, 0.15) is 18.4 Å². The molecular weight excluding hydrogens is 266 g/mol. The van der Waals surface area contributed by atoms with Gasteiger partial charge in [-0.3, -0.25) is 0 Å². The molecule has 0 radical (unpaired) electrons. The number of nitrogens with zero attached hydrogens (tertiary/aromatic N) is 1. The quantitative estimate of drug-likeness (QED) is 0.895. The molecule has 0 bridgehead atoms. The summed E-state index contributed by atoms with van der Waals surface area (Å²) >= 11 is 3.57. The minimum absolute atomic E-state index is 0.774. The molecule has 4 heteroatoms. The number of hydrogen-bond acceptors (Lipinski definition) is 3. The van der Waals surface area contributed by atoms with Gasteiger partial charge < -0.3 is 10.6 Å². The molecule has 2 heterocycles. The van der Waals surface area contributed by atoms with Gasteiger partial charge in [0.2, 0.25) is 0 Å². The van der Waals surface area contributed by atoms with Crippen molar-refractivity contribution in [3.05, 3.63) is 22.3 Å². The largest absolute Gasteiger partial charge is 0.369 e. The Hall–Kier alpha value is -0.610. The highest BCUT2D eigenvalue weighted by Gasteiger charge is 2.13. The Kier molecular flexibility index (Phi) is 4.18. The molecule has 1 saturated heterocycles. The summed E-state index contributed by atoms with van der Waals surface area (Å²) in [5, 5.41) is 6.82. The van der Waals surface area contributed by atoms with E-state index in [1.807, 2.05) is 12.3 Å². The summed E-state index contributed by atoms with van der Waals surface area (Å²) in [5.41, 5.74) is 1.22. The van der Waals surface area contributed by atoms with Crippen LogP contribution >= 0.6 is 15.9 Å². The summed E-state index contributed by atoms with van der Waals surface area (Å²) in [6, 6.07) is 2.01. The van der Waals surface area contributed by atoms with Crippen LogP contribution < -0.4 is 10.6 Å². The molecule has 0 atom stereocenters. The molecule has 3 nitrogen and oxygen atoms in total. The van der Waals surface area contributed by atoms with Crippen molar-refractivity contribution in [1.29, 1.82) is 0 Å². The van der Waals surface area contributed by atoms with Gasteiger partial charge in [0.15, 0.2) is 0 Å². The van der Waals surface area contributed by atoms with E-state index in [9.17, 15) is 0 Å². The maximum absolute atomic E-state index is 4.35. The van der Waals surface area contributed by atoms with Gasteiger partial charge in [-0.15, -0.1) is 0 Å². The van der Waals surface area contributed by atoms with E-state index < -0.39 is 0 Å². The molecule has 0 aromatic carbocycles. The number of piperidine rings is 1. The van der Waals surface area contributed by atoms with E-state index in [0.717, 1.165) is 35.8 Å². The van der Waals surface area contributed by atoms with Gasteiger partial charge in [-0.25, -0.2) is 4.98 Å². The SMILES string of the molecule is Cc1ccnc(NCC2CCNCC2)c1Br. The Labute approximate surface area is 105 Å². The predicted molar refractivity (Wildman–Crippen MR) is 70.8 cm³/mol. The van der Waals surface area contributed by atoms with Crippen LogP contribution in [0.5, 0.6) is 0 Å². The van der Waals surface area contributed by atoms with Crippen molar-refractivity contribution in [2.45, 2.75) is 19.8 Å². The van der Waals surface area contributed by atoms with E-state index in [1.165, 1.54) is 18.4 Å². The standard InChI is InChI=1S/C12H18BrN3/c1-9-2-7-15-12(11(9)13)16-8-10-3-5-14-6-4-10/h2,7,10,14H,3-6,8H2,1H3,(H,15,16). The molecule has 0 aliphatic carbocycles. The third-order valence-electron chi connectivity index (χ3n) is 3.10. The molecule has 2 N–H and O–H groups in total. The third kappa shape index (κ3) is 2.95. The molecule has 0 saturated carbocycles. The van der Waals surface area contributed by atoms with E-state index in [1.54, 1.807) is 0 Å². The number of rotatable bonds is 3. The van der Waals surface area contributed by atoms with Crippen LogP contribution in [-0.4, -0.2) is 24.6 Å². The second kappa shape index (κ2) is 5.64. The average molecular weight is 284 g/mol. The molecule has 1 aliphatic heterocycles. The monoisotopic (exact) mass is 283 g/mol. The van der Waals surface area contributed by atoms with Gasteiger partial charge in [-0.1, -0.05) is 0 Å². The van der Waals surface area contributed by atoms with Crippen LogP contribution in [0, 0.1) is 12.8 Å². The summed E-state index contributed by atoms with van der Waals surface area (Å²) in [5.74, 6) is 1.74. The molecule has 0 amide bonds. The lowest BCUT2D eigenvalue weighted by atomic mass is 9.98. The lowest BCUT2D eigenvalue weighted by Gasteiger charge is -2.23. The number of halogens is 1. The van der Waals surface area contributed by atoms with Crippen LogP contribution in [0.2, 0.25) is 0 Å². The Morgan fingerprint density at radius 3 is 3.00 bits per heavy atom. The molecule has 1 aliphatic rings. The first-order valence-corrected chi connectivity index (χ1v) is 6.62. The first kappa shape index (κ1) is 11.9. The van der Waals surface area contributed by atoms with Crippen molar-refractivity contribution >= 4 is 21.7 Å². The molecule has 1 aromatic rings. The molecular formula is C12H18BrN3. The average Bonchev–Trinajstić information content (AvgIpc) is 2.32. The lowest BCUT2D eigenvalue weighted by Crippen LogP contribution is -2.31. The van der Waals surface area contributed by atoms with E-state index >= 15 is 0 Å². The first-order chi connectivity index (χ1) is 7.77. The van der Waals surface area contributed by atoms with Crippen molar-refractivity contribution < 1.29 is 0 Å². The molecule has 0 spiro atoms.